The molecule has 136 valence electrons. The molecule has 0 aliphatic carbocycles. The van der Waals surface area contributed by atoms with Gasteiger partial charge in [0, 0.05) is 44.8 Å². The Balaban J connectivity index is 1.69. The van der Waals surface area contributed by atoms with Gasteiger partial charge >= 0.3 is 0 Å². The second-order valence-electron chi connectivity index (χ2n) is 7.25. The van der Waals surface area contributed by atoms with Crippen LogP contribution in [0.1, 0.15) is 37.1 Å². The van der Waals surface area contributed by atoms with Gasteiger partial charge in [-0.3, -0.25) is 19.6 Å². The summed E-state index contributed by atoms with van der Waals surface area (Å²) < 4.78 is 4.99. The minimum absolute atomic E-state index is 0.00626. The van der Waals surface area contributed by atoms with Gasteiger partial charge < -0.3 is 14.5 Å². The molecule has 0 saturated carbocycles. The summed E-state index contributed by atoms with van der Waals surface area (Å²) in [6, 6.07) is 0. The van der Waals surface area contributed by atoms with Crippen LogP contribution in [-0.2, 0) is 20.9 Å². The quantitative estimate of drug-likeness (QED) is 0.818. The first-order valence-electron chi connectivity index (χ1n) is 8.83. The Bertz CT molecular complexity index is 634. The predicted octanol–water partition coefficient (Wildman–Crippen LogP) is 1.16. The number of aryl methyl sites for hydroxylation is 1. The largest absolute Gasteiger partial charge is 0.375 e. The van der Waals surface area contributed by atoms with Crippen molar-refractivity contribution in [2.24, 2.45) is 5.41 Å². The number of nitrogens with zero attached hydrogens (tertiary/aromatic N) is 4. The summed E-state index contributed by atoms with van der Waals surface area (Å²) in [4.78, 5) is 37.0. The lowest BCUT2D eigenvalue weighted by molar-refractivity contribution is -0.145. The Labute approximate surface area is 148 Å². The highest BCUT2D eigenvalue weighted by molar-refractivity contribution is 5.78. The van der Waals surface area contributed by atoms with Crippen LogP contribution in [0.25, 0.3) is 0 Å². The summed E-state index contributed by atoms with van der Waals surface area (Å²) in [5, 5.41) is 0. The van der Waals surface area contributed by atoms with Crippen molar-refractivity contribution in [2.45, 2.75) is 39.2 Å². The van der Waals surface area contributed by atoms with Crippen LogP contribution >= 0.6 is 0 Å². The molecule has 0 unspecified atom stereocenters. The molecule has 1 atom stereocenters. The second-order valence-corrected chi connectivity index (χ2v) is 7.25. The molecule has 2 saturated heterocycles. The Kier molecular flexibility index (Phi) is 5.32. The average Bonchev–Trinajstić information content (AvgIpc) is 2.61. The summed E-state index contributed by atoms with van der Waals surface area (Å²) in [5.74, 6) is 0.197. The molecule has 7 nitrogen and oxygen atoms in total. The van der Waals surface area contributed by atoms with Crippen molar-refractivity contribution in [1.29, 1.82) is 0 Å². The van der Waals surface area contributed by atoms with Crippen LogP contribution in [-0.4, -0.2) is 64.9 Å². The Morgan fingerprint density at radius 1 is 1.28 bits per heavy atom. The number of carbonyl (C=O) groups is 2. The van der Waals surface area contributed by atoms with E-state index in [0.717, 1.165) is 37.2 Å². The molecule has 0 aromatic carbocycles. The first-order chi connectivity index (χ1) is 12.0. The van der Waals surface area contributed by atoms with Gasteiger partial charge in [0.2, 0.25) is 11.8 Å². The fraction of sp³-hybridized carbons (Fsp3) is 0.667. The molecular formula is C18H26N4O3. The van der Waals surface area contributed by atoms with Crippen LogP contribution in [0.2, 0.25) is 0 Å². The van der Waals surface area contributed by atoms with Gasteiger partial charge in [-0.2, -0.15) is 0 Å². The van der Waals surface area contributed by atoms with Crippen LogP contribution in [0, 0.1) is 12.3 Å². The highest BCUT2D eigenvalue weighted by atomic mass is 16.5. The highest BCUT2D eigenvalue weighted by Gasteiger charge is 2.42. The molecule has 3 heterocycles. The van der Waals surface area contributed by atoms with E-state index in [1.807, 2.05) is 16.7 Å². The molecule has 1 aromatic rings. The summed E-state index contributed by atoms with van der Waals surface area (Å²) in [6.45, 7) is 4.67. The number of methoxy groups -OCH3 is 1. The van der Waals surface area contributed by atoms with Gasteiger partial charge in [0.25, 0.3) is 0 Å². The van der Waals surface area contributed by atoms with Crippen molar-refractivity contribution >= 4 is 11.8 Å². The topological polar surface area (TPSA) is 75.6 Å². The first-order valence-corrected chi connectivity index (χ1v) is 8.83. The maximum absolute atomic E-state index is 12.4. The number of piperidine rings is 2. The van der Waals surface area contributed by atoms with E-state index in [2.05, 4.69) is 9.97 Å². The highest BCUT2D eigenvalue weighted by Crippen LogP contribution is 2.39. The van der Waals surface area contributed by atoms with Gasteiger partial charge in [-0.1, -0.05) is 0 Å². The molecule has 2 aliphatic heterocycles. The fourth-order valence-electron chi connectivity index (χ4n) is 3.91. The van der Waals surface area contributed by atoms with Crippen molar-refractivity contribution in [1.82, 2.24) is 19.8 Å². The number of likely N-dealkylation sites (tertiary alicyclic amines) is 2. The van der Waals surface area contributed by atoms with Crippen LogP contribution < -0.4 is 0 Å². The van der Waals surface area contributed by atoms with E-state index >= 15 is 0 Å². The lowest BCUT2D eigenvalue weighted by atomic mass is 9.73. The van der Waals surface area contributed by atoms with Crippen LogP contribution in [0.15, 0.2) is 12.4 Å². The standard InChI is InChI=1S/C18H26N4O3/c1-14-8-20-15(9-19-14)10-22-13-18(6-4-16(22)23)5-3-7-21(12-18)17(24)11-25-2/h8-9H,3-7,10-13H2,1-2H3/t18-/m0/s1. The van der Waals surface area contributed by atoms with Gasteiger partial charge in [-0.15, -0.1) is 0 Å². The predicted molar refractivity (Wildman–Crippen MR) is 91.5 cm³/mol. The molecule has 2 fully saturated rings. The van der Waals surface area contributed by atoms with Gasteiger partial charge in [0.05, 0.1) is 24.1 Å². The molecule has 1 aromatic heterocycles. The average molecular weight is 346 g/mol. The monoisotopic (exact) mass is 346 g/mol. The normalized spacial score (nSPS) is 24.0. The molecule has 0 bridgehead atoms. The van der Waals surface area contributed by atoms with E-state index in [4.69, 9.17) is 4.74 Å². The fourth-order valence-corrected chi connectivity index (χ4v) is 3.91. The van der Waals surface area contributed by atoms with Gasteiger partial charge in [-0.05, 0) is 26.2 Å². The molecular weight excluding hydrogens is 320 g/mol. The zero-order chi connectivity index (χ0) is 17.9. The second kappa shape index (κ2) is 7.47. The smallest absolute Gasteiger partial charge is 0.248 e. The minimum atomic E-state index is -0.00626. The summed E-state index contributed by atoms with van der Waals surface area (Å²) in [6.07, 6.45) is 6.86. The molecule has 25 heavy (non-hydrogen) atoms. The summed E-state index contributed by atoms with van der Waals surface area (Å²) in [5.41, 5.74) is 1.66. The molecule has 3 rings (SSSR count). The van der Waals surface area contributed by atoms with E-state index < -0.39 is 0 Å². The van der Waals surface area contributed by atoms with Gasteiger partial charge in [0.1, 0.15) is 6.61 Å². The Morgan fingerprint density at radius 3 is 2.84 bits per heavy atom. The zero-order valence-corrected chi connectivity index (χ0v) is 15.0. The Hall–Kier alpha value is -2.02. The van der Waals surface area contributed by atoms with Crippen LogP contribution in [0.3, 0.4) is 0 Å². The van der Waals surface area contributed by atoms with Crippen molar-refractivity contribution in [3.05, 3.63) is 23.8 Å². The molecule has 2 amide bonds. The summed E-state index contributed by atoms with van der Waals surface area (Å²) in [7, 11) is 1.54. The number of amides is 2. The van der Waals surface area contributed by atoms with E-state index in [1.54, 1.807) is 19.5 Å². The zero-order valence-electron chi connectivity index (χ0n) is 15.0. The molecule has 2 aliphatic rings. The molecule has 1 spiro atoms. The maximum atomic E-state index is 12.4. The lowest BCUT2D eigenvalue weighted by Crippen LogP contribution is -2.55. The number of hydrogen-bond donors (Lipinski definition) is 0. The third-order valence-corrected chi connectivity index (χ3v) is 5.22. The van der Waals surface area contributed by atoms with E-state index in [9.17, 15) is 9.59 Å². The number of hydrogen-bond acceptors (Lipinski definition) is 5. The maximum Gasteiger partial charge on any atom is 0.248 e. The van der Waals surface area contributed by atoms with E-state index in [0.29, 0.717) is 26.1 Å². The number of carbonyl (C=O) groups excluding carboxylic acids is 2. The SMILES string of the molecule is COCC(=O)N1CCC[C@]2(CCC(=O)N(Cc3cnc(C)cn3)C2)C1. The van der Waals surface area contributed by atoms with Crippen molar-refractivity contribution in [3.8, 4) is 0 Å². The van der Waals surface area contributed by atoms with Gasteiger partial charge in [-0.25, -0.2) is 0 Å². The third kappa shape index (κ3) is 4.15. The lowest BCUT2D eigenvalue weighted by Gasteiger charge is -2.48. The van der Waals surface area contributed by atoms with Crippen molar-refractivity contribution in [2.75, 3.05) is 33.4 Å². The molecule has 7 heteroatoms. The molecule has 0 radical (unpaired) electrons. The number of aromatic nitrogens is 2. The van der Waals surface area contributed by atoms with Crippen LogP contribution in [0.5, 0.6) is 0 Å². The minimum Gasteiger partial charge on any atom is -0.375 e. The van der Waals surface area contributed by atoms with Gasteiger partial charge in [0.15, 0.2) is 0 Å². The first kappa shape index (κ1) is 17.8. The van der Waals surface area contributed by atoms with Crippen molar-refractivity contribution in [3.63, 3.8) is 0 Å². The Morgan fingerprint density at radius 2 is 2.12 bits per heavy atom. The van der Waals surface area contributed by atoms with Crippen molar-refractivity contribution < 1.29 is 14.3 Å². The third-order valence-electron chi connectivity index (χ3n) is 5.22. The number of ether oxygens (including phenoxy) is 1. The van der Waals surface area contributed by atoms with E-state index in [1.165, 1.54) is 0 Å². The van der Waals surface area contributed by atoms with Crippen LogP contribution in [0.4, 0.5) is 0 Å². The molecule has 0 N–H and O–H groups in total. The van der Waals surface area contributed by atoms with E-state index in [-0.39, 0.29) is 23.8 Å². The summed E-state index contributed by atoms with van der Waals surface area (Å²) >= 11 is 0. The number of rotatable bonds is 4.